The van der Waals surface area contributed by atoms with E-state index in [1.807, 2.05) is 6.20 Å². The van der Waals surface area contributed by atoms with Crippen molar-refractivity contribution in [2.24, 2.45) is 0 Å². The highest BCUT2D eigenvalue weighted by molar-refractivity contribution is 6.21. The third kappa shape index (κ3) is 0.968. The quantitative estimate of drug-likeness (QED) is 0.397. The van der Waals surface area contributed by atoms with Gasteiger partial charge in [0.25, 0.3) is 0 Å². The fourth-order valence-electron chi connectivity index (χ4n) is 3.23. The molecule has 0 N–H and O–H groups in total. The molecule has 0 aliphatic rings. The zero-order chi connectivity index (χ0) is 12.4. The minimum absolute atomic E-state index is 1.10. The van der Waals surface area contributed by atoms with Crippen LogP contribution in [0.25, 0.3) is 38.2 Å². The molecule has 5 rings (SSSR count). The maximum Gasteiger partial charge on any atom is 0.0969 e. The summed E-state index contributed by atoms with van der Waals surface area (Å²) < 4.78 is 2.34. The number of benzene rings is 2. The lowest BCUT2D eigenvalue weighted by Gasteiger charge is -1.95. The lowest BCUT2D eigenvalue weighted by Crippen LogP contribution is -1.78. The van der Waals surface area contributed by atoms with Crippen molar-refractivity contribution in [3.05, 3.63) is 60.8 Å². The maximum absolute atomic E-state index is 4.59. The second-order valence-electron chi connectivity index (χ2n) is 4.93. The van der Waals surface area contributed by atoms with Crippen LogP contribution in [0.2, 0.25) is 0 Å². The van der Waals surface area contributed by atoms with Crippen LogP contribution in [0.15, 0.2) is 60.8 Å². The van der Waals surface area contributed by atoms with Crippen LogP contribution in [0.5, 0.6) is 0 Å². The average molecular weight is 242 g/mol. The molecule has 0 aliphatic carbocycles. The van der Waals surface area contributed by atoms with Gasteiger partial charge < -0.3 is 4.40 Å². The Morgan fingerprint density at radius 3 is 2.21 bits per heavy atom. The summed E-state index contributed by atoms with van der Waals surface area (Å²) in [5.41, 5.74) is 4.84. The van der Waals surface area contributed by atoms with E-state index < -0.39 is 0 Å². The first-order valence-corrected chi connectivity index (χ1v) is 6.43. The van der Waals surface area contributed by atoms with E-state index in [4.69, 9.17) is 0 Å². The number of pyridine rings is 1. The fourth-order valence-corrected chi connectivity index (χ4v) is 3.23. The van der Waals surface area contributed by atoms with Crippen LogP contribution < -0.4 is 0 Å². The van der Waals surface area contributed by atoms with E-state index in [2.05, 4.69) is 64.0 Å². The van der Waals surface area contributed by atoms with Gasteiger partial charge >= 0.3 is 0 Å². The molecule has 0 amide bonds. The Bertz CT molecular complexity index is 976. The first-order chi connectivity index (χ1) is 9.45. The van der Waals surface area contributed by atoms with Gasteiger partial charge in [-0.25, -0.2) is 0 Å². The van der Waals surface area contributed by atoms with Gasteiger partial charge in [-0.1, -0.05) is 36.4 Å². The van der Waals surface area contributed by atoms with Gasteiger partial charge in [-0.15, -0.1) is 0 Å². The SMILES string of the molecule is c1ccc2c(c1)c1ccnc3c4ccccc4n2c13. The molecule has 0 radical (unpaired) electrons. The third-order valence-corrected chi connectivity index (χ3v) is 3.98. The summed E-state index contributed by atoms with van der Waals surface area (Å²) in [4.78, 5) is 4.59. The summed E-state index contributed by atoms with van der Waals surface area (Å²) in [6, 6.07) is 19.2. The lowest BCUT2D eigenvalue weighted by atomic mass is 10.1. The summed E-state index contributed by atoms with van der Waals surface area (Å²) in [5, 5.41) is 3.82. The summed E-state index contributed by atoms with van der Waals surface area (Å²) >= 11 is 0. The molecule has 0 saturated carbocycles. The molecule has 0 saturated heterocycles. The van der Waals surface area contributed by atoms with Gasteiger partial charge in [-0.05, 0) is 18.2 Å². The predicted octanol–water partition coefficient (Wildman–Crippen LogP) is 4.23. The molecule has 2 nitrogen and oxygen atoms in total. The molecule has 2 heteroatoms. The lowest BCUT2D eigenvalue weighted by molar-refractivity contribution is 1.36. The summed E-state index contributed by atoms with van der Waals surface area (Å²) in [5.74, 6) is 0. The predicted molar refractivity (Wildman–Crippen MR) is 78.9 cm³/mol. The monoisotopic (exact) mass is 242 g/mol. The van der Waals surface area contributed by atoms with Gasteiger partial charge in [0.15, 0.2) is 0 Å². The van der Waals surface area contributed by atoms with E-state index in [0.717, 1.165) is 5.52 Å². The second-order valence-corrected chi connectivity index (χ2v) is 4.93. The highest BCUT2D eigenvalue weighted by Gasteiger charge is 2.16. The molecule has 0 bridgehead atoms. The van der Waals surface area contributed by atoms with E-state index in [1.54, 1.807) is 0 Å². The molecule has 0 aliphatic heterocycles. The van der Waals surface area contributed by atoms with E-state index >= 15 is 0 Å². The Hall–Kier alpha value is -2.61. The van der Waals surface area contributed by atoms with Crippen molar-refractivity contribution in [1.29, 1.82) is 0 Å². The number of hydrogen-bond acceptors (Lipinski definition) is 1. The van der Waals surface area contributed by atoms with Gasteiger partial charge in [0, 0.05) is 22.4 Å². The van der Waals surface area contributed by atoms with Crippen LogP contribution in [0.4, 0.5) is 0 Å². The van der Waals surface area contributed by atoms with Crippen molar-refractivity contribution in [1.82, 2.24) is 9.38 Å². The highest BCUT2D eigenvalue weighted by Crippen LogP contribution is 2.37. The molecular weight excluding hydrogens is 232 g/mol. The van der Waals surface area contributed by atoms with Crippen LogP contribution in [-0.2, 0) is 0 Å². The minimum Gasteiger partial charge on any atom is -0.306 e. The van der Waals surface area contributed by atoms with E-state index in [0.29, 0.717) is 0 Å². The number of fused-ring (bicyclic) bond motifs is 6. The Labute approximate surface area is 109 Å². The Morgan fingerprint density at radius 2 is 1.37 bits per heavy atom. The third-order valence-electron chi connectivity index (χ3n) is 3.98. The van der Waals surface area contributed by atoms with Crippen molar-refractivity contribution in [3.63, 3.8) is 0 Å². The van der Waals surface area contributed by atoms with Crippen molar-refractivity contribution in [2.45, 2.75) is 0 Å². The van der Waals surface area contributed by atoms with Crippen LogP contribution in [-0.4, -0.2) is 9.38 Å². The highest BCUT2D eigenvalue weighted by atomic mass is 14.9. The molecule has 0 fully saturated rings. The molecule has 0 spiro atoms. The molecule has 0 atom stereocenters. The van der Waals surface area contributed by atoms with Crippen molar-refractivity contribution < 1.29 is 0 Å². The molecule has 3 heterocycles. The van der Waals surface area contributed by atoms with Crippen molar-refractivity contribution >= 4 is 38.2 Å². The fraction of sp³-hybridized carbons (Fsp3) is 0. The number of aromatic nitrogens is 2. The first-order valence-electron chi connectivity index (χ1n) is 6.43. The van der Waals surface area contributed by atoms with Gasteiger partial charge in [0.05, 0.1) is 22.1 Å². The number of rotatable bonds is 0. The topological polar surface area (TPSA) is 17.3 Å². The standard InChI is InChI=1S/C17H10N2/c1-3-7-14-11(5-1)12-9-10-18-16-13-6-2-4-8-15(13)19(14)17(12)16/h1-10H. The van der Waals surface area contributed by atoms with Crippen LogP contribution in [0.1, 0.15) is 0 Å². The largest absolute Gasteiger partial charge is 0.306 e. The first kappa shape index (κ1) is 9.34. The molecule has 88 valence electrons. The molecule has 3 aromatic heterocycles. The number of nitrogens with zero attached hydrogens (tertiary/aromatic N) is 2. The van der Waals surface area contributed by atoms with Crippen LogP contribution in [0.3, 0.4) is 0 Å². The molecule has 5 aromatic rings. The zero-order valence-corrected chi connectivity index (χ0v) is 10.2. The Balaban J connectivity index is 2.32. The Morgan fingerprint density at radius 1 is 0.684 bits per heavy atom. The van der Waals surface area contributed by atoms with Gasteiger partial charge in [0.2, 0.25) is 0 Å². The average Bonchev–Trinajstić information content (AvgIpc) is 2.99. The van der Waals surface area contributed by atoms with Crippen LogP contribution in [0, 0.1) is 0 Å². The summed E-state index contributed by atoms with van der Waals surface area (Å²) in [6.45, 7) is 0. The Kier molecular flexibility index (Phi) is 1.49. The normalized spacial score (nSPS) is 12.2. The van der Waals surface area contributed by atoms with Crippen molar-refractivity contribution in [2.75, 3.05) is 0 Å². The van der Waals surface area contributed by atoms with Crippen molar-refractivity contribution in [3.8, 4) is 0 Å². The second kappa shape index (κ2) is 3.04. The van der Waals surface area contributed by atoms with E-state index in [9.17, 15) is 0 Å². The molecule has 2 aromatic carbocycles. The van der Waals surface area contributed by atoms with Crippen LogP contribution >= 0.6 is 0 Å². The number of hydrogen-bond donors (Lipinski definition) is 0. The summed E-state index contributed by atoms with van der Waals surface area (Å²) in [7, 11) is 0. The van der Waals surface area contributed by atoms with Gasteiger partial charge in [0.1, 0.15) is 0 Å². The van der Waals surface area contributed by atoms with E-state index in [1.165, 1.54) is 32.7 Å². The molecule has 19 heavy (non-hydrogen) atoms. The zero-order valence-electron chi connectivity index (χ0n) is 10.2. The minimum atomic E-state index is 1.10. The van der Waals surface area contributed by atoms with Gasteiger partial charge in [-0.2, -0.15) is 0 Å². The van der Waals surface area contributed by atoms with Gasteiger partial charge in [-0.3, -0.25) is 4.98 Å². The smallest absolute Gasteiger partial charge is 0.0969 e. The summed E-state index contributed by atoms with van der Waals surface area (Å²) in [6.07, 6.45) is 1.91. The molecular formula is C17H10N2. The maximum atomic E-state index is 4.59. The van der Waals surface area contributed by atoms with E-state index in [-0.39, 0.29) is 0 Å². The number of para-hydroxylation sites is 2. The molecule has 0 unspecified atom stereocenters.